The summed E-state index contributed by atoms with van der Waals surface area (Å²) in [4.78, 5) is 0. The lowest BCUT2D eigenvalue weighted by atomic mass is 9.85. The quantitative estimate of drug-likeness (QED) is 0.849. The SMILES string of the molecule is CCC1CCCCC1OCc1cc(C)c(CNC)o1. The molecule has 0 saturated heterocycles. The van der Waals surface area contributed by atoms with Gasteiger partial charge >= 0.3 is 0 Å². The van der Waals surface area contributed by atoms with Crippen molar-refractivity contribution in [1.29, 1.82) is 0 Å². The van der Waals surface area contributed by atoms with Crippen LogP contribution in [0.15, 0.2) is 10.5 Å². The fourth-order valence-electron chi connectivity index (χ4n) is 3.05. The molecule has 3 nitrogen and oxygen atoms in total. The number of furan rings is 1. The van der Waals surface area contributed by atoms with Crippen molar-refractivity contribution >= 4 is 0 Å². The predicted octanol–water partition coefficient (Wildman–Crippen LogP) is 3.79. The maximum absolute atomic E-state index is 6.10. The van der Waals surface area contributed by atoms with E-state index in [-0.39, 0.29) is 0 Å². The van der Waals surface area contributed by atoms with E-state index >= 15 is 0 Å². The Morgan fingerprint density at radius 3 is 2.89 bits per heavy atom. The summed E-state index contributed by atoms with van der Waals surface area (Å²) in [5.41, 5.74) is 1.21. The molecule has 2 rings (SSSR count). The van der Waals surface area contributed by atoms with Crippen molar-refractivity contribution in [3.05, 3.63) is 23.2 Å². The monoisotopic (exact) mass is 265 g/mol. The van der Waals surface area contributed by atoms with Crippen molar-refractivity contribution < 1.29 is 9.15 Å². The first-order chi connectivity index (χ1) is 9.24. The number of rotatable bonds is 6. The van der Waals surface area contributed by atoms with E-state index in [4.69, 9.17) is 9.15 Å². The van der Waals surface area contributed by atoms with E-state index in [0.717, 1.165) is 24.0 Å². The van der Waals surface area contributed by atoms with Gasteiger partial charge in [0.2, 0.25) is 0 Å². The molecule has 1 aromatic rings. The van der Waals surface area contributed by atoms with Crippen LogP contribution < -0.4 is 5.32 Å². The summed E-state index contributed by atoms with van der Waals surface area (Å²) in [7, 11) is 1.94. The van der Waals surface area contributed by atoms with Crippen molar-refractivity contribution in [1.82, 2.24) is 5.32 Å². The van der Waals surface area contributed by atoms with E-state index in [2.05, 4.69) is 25.2 Å². The van der Waals surface area contributed by atoms with Gasteiger partial charge in [-0.05, 0) is 44.4 Å². The largest absolute Gasteiger partial charge is 0.462 e. The second-order valence-corrected chi connectivity index (χ2v) is 5.65. The van der Waals surface area contributed by atoms with Crippen molar-refractivity contribution in [3.63, 3.8) is 0 Å². The molecule has 0 amide bonds. The summed E-state index contributed by atoms with van der Waals surface area (Å²) in [5, 5.41) is 3.13. The minimum atomic E-state index is 0.428. The van der Waals surface area contributed by atoms with Gasteiger partial charge in [0.15, 0.2) is 0 Å². The zero-order chi connectivity index (χ0) is 13.7. The highest BCUT2D eigenvalue weighted by Gasteiger charge is 2.24. The lowest BCUT2D eigenvalue weighted by molar-refractivity contribution is -0.0286. The Morgan fingerprint density at radius 1 is 1.37 bits per heavy atom. The van der Waals surface area contributed by atoms with Gasteiger partial charge < -0.3 is 14.5 Å². The van der Waals surface area contributed by atoms with Crippen LogP contribution >= 0.6 is 0 Å². The fourth-order valence-corrected chi connectivity index (χ4v) is 3.05. The summed E-state index contributed by atoms with van der Waals surface area (Å²) in [5.74, 6) is 2.72. The lowest BCUT2D eigenvalue weighted by Crippen LogP contribution is -2.27. The van der Waals surface area contributed by atoms with Gasteiger partial charge in [-0.2, -0.15) is 0 Å². The summed E-state index contributed by atoms with van der Waals surface area (Å²) in [6.07, 6.45) is 6.86. The smallest absolute Gasteiger partial charge is 0.130 e. The van der Waals surface area contributed by atoms with Gasteiger partial charge in [-0.1, -0.05) is 26.2 Å². The van der Waals surface area contributed by atoms with Gasteiger partial charge in [0.1, 0.15) is 18.1 Å². The number of ether oxygens (including phenoxy) is 1. The van der Waals surface area contributed by atoms with Gasteiger partial charge in [-0.25, -0.2) is 0 Å². The van der Waals surface area contributed by atoms with Crippen LogP contribution in [0.1, 0.15) is 56.1 Å². The highest BCUT2D eigenvalue weighted by molar-refractivity contribution is 5.19. The second kappa shape index (κ2) is 7.11. The molecule has 108 valence electrons. The van der Waals surface area contributed by atoms with Gasteiger partial charge in [-0.3, -0.25) is 0 Å². The molecule has 3 heteroatoms. The van der Waals surface area contributed by atoms with Crippen molar-refractivity contribution in [2.75, 3.05) is 7.05 Å². The van der Waals surface area contributed by atoms with E-state index in [1.807, 2.05) is 7.05 Å². The topological polar surface area (TPSA) is 34.4 Å². The standard InChI is InChI=1S/C16H27NO2/c1-4-13-7-5-6-8-15(13)18-11-14-9-12(2)16(19-14)10-17-3/h9,13,15,17H,4-8,10-11H2,1-3H3. The zero-order valence-corrected chi connectivity index (χ0v) is 12.5. The number of hydrogen-bond acceptors (Lipinski definition) is 3. The normalized spacial score (nSPS) is 23.7. The molecule has 1 heterocycles. The van der Waals surface area contributed by atoms with Gasteiger partial charge in [0.05, 0.1) is 12.6 Å². The van der Waals surface area contributed by atoms with E-state index in [1.54, 1.807) is 0 Å². The molecule has 2 atom stereocenters. The van der Waals surface area contributed by atoms with E-state index in [9.17, 15) is 0 Å². The van der Waals surface area contributed by atoms with Gasteiger partial charge in [-0.15, -0.1) is 0 Å². The average molecular weight is 265 g/mol. The highest BCUT2D eigenvalue weighted by Crippen LogP contribution is 2.30. The third-order valence-corrected chi connectivity index (χ3v) is 4.21. The number of aryl methyl sites for hydroxylation is 1. The molecule has 19 heavy (non-hydrogen) atoms. The van der Waals surface area contributed by atoms with Crippen LogP contribution in [0.3, 0.4) is 0 Å². The zero-order valence-electron chi connectivity index (χ0n) is 12.5. The fraction of sp³-hybridized carbons (Fsp3) is 0.750. The number of hydrogen-bond donors (Lipinski definition) is 1. The third kappa shape index (κ3) is 3.83. The van der Waals surface area contributed by atoms with Crippen LogP contribution in [0.25, 0.3) is 0 Å². The van der Waals surface area contributed by atoms with E-state index in [0.29, 0.717) is 12.7 Å². The molecule has 1 fully saturated rings. The molecule has 0 spiro atoms. The molecule has 1 aromatic heterocycles. The van der Waals surface area contributed by atoms with Crippen molar-refractivity contribution in [2.45, 2.75) is 65.2 Å². The Morgan fingerprint density at radius 2 is 2.16 bits per heavy atom. The Bertz CT molecular complexity index is 386. The molecule has 0 bridgehead atoms. The van der Waals surface area contributed by atoms with Crippen LogP contribution in [-0.2, 0) is 17.9 Å². The summed E-state index contributed by atoms with van der Waals surface area (Å²) in [6.45, 7) is 5.77. The maximum atomic E-state index is 6.10. The Labute approximate surface area is 116 Å². The first-order valence-electron chi connectivity index (χ1n) is 7.59. The molecular weight excluding hydrogens is 238 g/mol. The van der Waals surface area contributed by atoms with E-state index < -0.39 is 0 Å². The average Bonchev–Trinajstić information content (AvgIpc) is 2.78. The van der Waals surface area contributed by atoms with Gasteiger partial charge in [0.25, 0.3) is 0 Å². The van der Waals surface area contributed by atoms with Crippen LogP contribution in [0.4, 0.5) is 0 Å². The van der Waals surface area contributed by atoms with Crippen LogP contribution in [-0.4, -0.2) is 13.2 Å². The molecule has 2 unspecified atom stereocenters. The van der Waals surface area contributed by atoms with Crippen LogP contribution in [0.5, 0.6) is 0 Å². The van der Waals surface area contributed by atoms with Crippen LogP contribution in [0, 0.1) is 12.8 Å². The van der Waals surface area contributed by atoms with E-state index in [1.165, 1.54) is 37.7 Å². The van der Waals surface area contributed by atoms with Crippen LogP contribution in [0.2, 0.25) is 0 Å². The first kappa shape index (κ1) is 14.6. The Balaban J connectivity index is 1.88. The molecular formula is C16H27NO2. The first-order valence-corrected chi connectivity index (χ1v) is 7.59. The molecule has 0 aliphatic heterocycles. The lowest BCUT2D eigenvalue weighted by Gasteiger charge is -2.30. The summed E-state index contributed by atoms with van der Waals surface area (Å²) < 4.78 is 11.9. The minimum Gasteiger partial charge on any atom is -0.462 e. The summed E-state index contributed by atoms with van der Waals surface area (Å²) >= 11 is 0. The summed E-state index contributed by atoms with van der Waals surface area (Å²) in [6, 6.07) is 2.11. The maximum Gasteiger partial charge on any atom is 0.130 e. The molecule has 1 aliphatic rings. The van der Waals surface area contributed by atoms with Gasteiger partial charge in [0, 0.05) is 0 Å². The van der Waals surface area contributed by atoms with Crippen molar-refractivity contribution in [2.24, 2.45) is 5.92 Å². The molecule has 0 radical (unpaired) electrons. The predicted molar refractivity (Wildman–Crippen MR) is 77.0 cm³/mol. The second-order valence-electron chi connectivity index (χ2n) is 5.65. The Kier molecular flexibility index (Phi) is 5.46. The Hall–Kier alpha value is -0.800. The number of nitrogens with one attached hydrogen (secondary N) is 1. The minimum absolute atomic E-state index is 0.428. The molecule has 1 N–H and O–H groups in total. The molecule has 1 aliphatic carbocycles. The van der Waals surface area contributed by atoms with Crippen molar-refractivity contribution in [3.8, 4) is 0 Å². The molecule has 1 saturated carbocycles. The third-order valence-electron chi connectivity index (χ3n) is 4.21. The highest BCUT2D eigenvalue weighted by atomic mass is 16.5. The molecule has 0 aromatic carbocycles.